The number of nitrogens with zero attached hydrogens (tertiary/aromatic N) is 1. The van der Waals surface area contributed by atoms with Gasteiger partial charge in [-0.15, -0.1) is 11.3 Å². The van der Waals surface area contributed by atoms with Crippen LogP contribution in [0, 0.1) is 5.92 Å². The lowest BCUT2D eigenvalue weighted by Gasteiger charge is -2.09. The number of carbonyl (C=O) groups is 2. The van der Waals surface area contributed by atoms with Gasteiger partial charge < -0.3 is 20.1 Å². The average Bonchev–Trinajstić information content (AvgIpc) is 3.06. The molecule has 0 unspecified atom stereocenters. The van der Waals surface area contributed by atoms with Crippen LogP contribution in [0.3, 0.4) is 0 Å². The number of hydrogen-bond acceptors (Lipinski definition) is 6. The zero-order valence-corrected chi connectivity index (χ0v) is 16.1. The Morgan fingerprint density at radius 2 is 1.81 bits per heavy atom. The van der Waals surface area contributed by atoms with Gasteiger partial charge in [-0.25, -0.2) is 4.98 Å². The highest BCUT2D eigenvalue weighted by atomic mass is 32.1. The first-order valence-corrected chi connectivity index (χ1v) is 9.04. The molecule has 0 aliphatic rings. The van der Waals surface area contributed by atoms with Gasteiger partial charge in [0.15, 0.2) is 5.13 Å². The third-order valence-corrected chi connectivity index (χ3v) is 4.20. The first-order valence-electron chi connectivity index (χ1n) is 8.16. The lowest BCUT2D eigenvalue weighted by atomic mass is 10.1. The fourth-order valence-corrected chi connectivity index (χ4v) is 2.92. The standard InChI is InChI=1S/C18H23N3O4S/c1-11(2)5-16(22)21-18-20-15(10-26-18)17(23)19-9-12-6-13(24-3)8-14(7-12)25-4/h6-8,10-11H,5,9H2,1-4H3,(H,19,23)(H,20,21,22). The van der Waals surface area contributed by atoms with Gasteiger partial charge in [-0.05, 0) is 23.6 Å². The zero-order valence-electron chi connectivity index (χ0n) is 15.3. The Balaban J connectivity index is 1.95. The maximum absolute atomic E-state index is 12.3. The summed E-state index contributed by atoms with van der Waals surface area (Å²) in [5.74, 6) is 1.14. The number of ether oxygens (including phenoxy) is 2. The largest absolute Gasteiger partial charge is 0.497 e. The van der Waals surface area contributed by atoms with Crippen molar-refractivity contribution in [3.8, 4) is 11.5 Å². The van der Waals surface area contributed by atoms with Crippen molar-refractivity contribution in [1.29, 1.82) is 0 Å². The van der Waals surface area contributed by atoms with Crippen LogP contribution in [0.1, 0.15) is 36.3 Å². The smallest absolute Gasteiger partial charge is 0.271 e. The molecule has 0 atom stereocenters. The second-order valence-corrected chi connectivity index (χ2v) is 6.95. The third-order valence-electron chi connectivity index (χ3n) is 3.44. The molecule has 26 heavy (non-hydrogen) atoms. The summed E-state index contributed by atoms with van der Waals surface area (Å²) in [6.07, 6.45) is 0.415. The van der Waals surface area contributed by atoms with E-state index in [0.29, 0.717) is 29.6 Å². The van der Waals surface area contributed by atoms with Crippen LogP contribution in [0.2, 0.25) is 0 Å². The summed E-state index contributed by atoms with van der Waals surface area (Å²) < 4.78 is 10.4. The van der Waals surface area contributed by atoms with E-state index in [0.717, 1.165) is 5.56 Å². The molecule has 0 radical (unpaired) electrons. The monoisotopic (exact) mass is 377 g/mol. The third kappa shape index (κ3) is 5.73. The molecule has 1 aromatic carbocycles. The van der Waals surface area contributed by atoms with Crippen LogP contribution >= 0.6 is 11.3 Å². The summed E-state index contributed by atoms with van der Waals surface area (Å²) in [6.45, 7) is 4.24. The van der Waals surface area contributed by atoms with Crippen molar-refractivity contribution in [2.24, 2.45) is 5.92 Å². The SMILES string of the molecule is COc1cc(CNC(=O)c2csc(NC(=O)CC(C)C)n2)cc(OC)c1. The number of anilines is 1. The first-order chi connectivity index (χ1) is 12.4. The Kier molecular flexibility index (Phi) is 6.97. The van der Waals surface area contributed by atoms with E-state index in [-0.39, 0.29) is 23.4 Å². The minimum atomic E-state index is -0.313. The molecule has 1 heterocycles. The fourth-order valence-electron chi connectivity index (χ4n) is 2.22. The summed E-state index contributed by atoms with van der Waals surface area (Å²) in [5.41, 5.74) is 1.11. The van der Waals surface area contributed by atoms with E-state index in [2.05, 4.69) is 15.6 Å². The fraction of sp³-hybridized carbons (Fsp3) is 0.389. The maximum Gasteiger partial charge on any atom is 0.271 e. The molecule has 0 saturated heterocycles. The molecule has 140 valence electrons. The number of amides is 2. The van der Waals surface area contributed by atoms with Crippen LogP contribution in [-0.2, 0) is 11.3 Å². The highest BCUT2D eigenvalue weighted by Crippen LogP contribution is 2.22. The Morgan fingerprint density at radius 3 is 2.38 bits per heavy atom. The molecule has 0 fully saturated rings. The van der Waals surface area contributed by atoms with E-state index in [1.54, 1.807) is 25.7 Å². The van der Waals surface area contributed by atoms with Gasteiger partial charge in [0.25, 0.3) is 5.91 Å². The Morgan fingerprint density at radius 1 is 1.15 bits per heavy atom. The van der Waals surface area contributed by atoms with Crippen LogP contribution in [-0.4, -0.2) is 31.0 Å². The molecule has 2 N–H and O–H groups in total. The topological polar surface area (TPSA) is 89.6 Å². The molecule has 0 aliphatic heterocycles. The van der Waals surface area contributed by atoms with Crippen molar-refractivity contribution < 1.29 is 19.1 Å². The Labute approximate surface area is 156 Å². The van der Waals surface area contributed by atoms with Crippen LogP contribution in [0.4, 0.5) is 5.13 Å². The lowest BCUT2D eigenvalue weighted by molar-refractivity contribution is -0.116. The highest BCUT2D eigenvalue weighted by Gasteiger charge is 2.13. The Bertz CT molecular complexity index is 751. The van der Waals surface area contributed by atoms with Gasteiger partial charge in [0.2, 0.25) is 5.91 Å². The predicted octanol–water partition coefficient (Wildman–Crippen LogP) is 3.07. The molecule has 7 nitrogen and oxygen atoms in total. The number of nitrogens with one attached hydrogen (secondary N) is 2. The quantitative estimate of drug-likeness (QED) is 0.738. The van der Waals surface area contributed by atoms with Crippen molar-refractivity contribution in [1.82, 2.24) is 10.3 Å². The van der Waals surface area contributed by atoms with E-state index in [1.807, 2.05) is 26.0 Å². The van der Waals surface area contributed by atoms with Gasteiger partial charge in [0, 0.05) is 24.4 Å². The first kappa shape index (κ1) is 19.7. The normalized spacial score (nSPS) is 10.5. The molecule has 2 rings (SSSR count). The number of hydrogen-bond donors (Lipinski definition) is 2. The van der Waals surface area contributed by atoms with Crippen molar-refractivity contribution in [2.45, 2.75) is 26.8 Å². The van der Waals surface area contributed by atoms with Crippen molar-refractivity contribution in [3.63, 3.8) is 0 Å². The summed E-state index contributed by atoms with van der Waals surface area (Å²) in [7, 11) is 3.14. The van der Waals surface area contributed by atoms with Gasteiger partial charge >= 0.3 is 0 Å². The van der Waals surface area contributed by atoms with Gasteiger partial charge in [-0.3, -0.25) is 9.59 Å². The maximum atomic E-state index is 12.3. The summed E-state index contributed by atoms with van der Waals surface area (Å²) >= 11 is 1.22. The summed E-state index contributed by atoms with van der Waals surface area (Å²) in [6, 6.07) is 5.40. The molecule has 1 aromatic heterocycles. The van der Waals surface area contributed by atoms with Gasteiger partial charge in [-0.2, -0.15) is 0 Å². The number of aromatic nitrogens is 1. The molecule has 2 aromatic rings. The second kappa shape index (κ2) is 9.19. The summed E-state index contributed by atoms with van der Waals surface area (Å²) in [4.78, 5) is 28.2. The minimum Gasteiger partial charge on any atom is -0.497 e. The van der Waals surface area contributed by atoms with Gasteiger partial charge in [0.05, 0.1) is 14.2 Å². The van der Waals surface area contributed by atoms with E-state index in [4.69, 9.17) is 9.47 Å². The number of benzene rings is 1. The lowest BCUT2D eigenvalue weighted by Crippen LogP contribution is -2.23. The van der Waals surface area contributed by atoms with E-state index in [9.17, 15) is 9.59 Å². The molecular formula is C18H23N3O4S. The Hall–Kier alpha value is -2.61. The average molecular weight is 377 g/mol. The summed E-state index contributed by atoms with van der Waals surface area (Å²) in [5, 5.41) is 7.54. The van der Waals surface area contributed by atoms with E-state index >= 15 is 0 Å². The van der Waals surface area contributed by atoms with Gasteiger partial charge in [-0.1, -0.05) is 13.8 Å². The number of thiazole rings is 1. The number of rotatable bonds is 8. The molecule has 0 aliphatic carbocycles. The second-order valence-electron chi connectivity index (χ2n) is 6.09. The van der Waals surface area contributed by atoms with Crippen LogP contribution in [0.5, 0.6) is 11.5 Å². The molecule has 0 spiro atoms. The number of carbonyl (C=O) groups excluding carboxylic acids is 2. The molecule has 0 bridgehead atoms. The molecular weight excluding hydrogens is 354 g/mol. The van der Waals surface area contributed by atoms with E-state index < -0.39 is 0 Å². The highest BCUT2D eigenvalue weighted by molar-refractivity contribution is 7.14. The van der Waals surface area contributed by atoms with Gasteiger partial charge in [0.1, 0.15) is 17.2 Å². The predicted molar refractivity (Wildman–Crippen MR) is 101 cm³/mol. The zero-order chi connectivity index (χ0) is 19.1. The van der Waals surface area contributed by atoms with Crippen LogP contribution < -0.4 is 20.1 Å². The molecule has 8 heteroatoms. The van der Waals surface area contributed by atoms with E-state index in [1.165, 1.54) is 11.3 Å². The van der Waals surface area contributed by atoms with Crippen molar-refractivity contribution in [2.75, 3.05) is 19.5 Å². The van der Waals surface area contributed by atoms with Crippen molar-refractivity contribution in [3.05, 3.63) is 34.8 Å². The number of methoxy groups -OCH3 is 2. The minimum absolute atomic E-state index is 0.107. The van der Waals surface area contributed by atoms with Crippen LogP contribution in [0.25, 0.3) is 0 Å². The van der Waals surface area contributed by atoms with Crippen LogP contribution in [0.15, 0.2) is 23.6 Å². The molecule has 2 amide bonds. The van der Waals surface area contributed by atoms with Crippen molar-refractivity contribution >= 4 is 28.3 Å². The molecule has 0 saturated carbocycles.